The van der Waals surface area contributed by atoms with Gasteiger partial charge in [0.1, 0.15) is 5.76 Å². The molecule has 140 valence electrons. The van der Waals surface area contributed by atoms with Gasteiger partial charge in [-0.15, -0.1) is 0 Å². The molecule has 4 nitrogen and oxygen atoms in total. The molecule has 0 radical (unpaired) electrons. The fraction of sp³-hybridized carbons (Fsp3) is 0.348. The van der Waals surface area contributed by atoms with Crippen molar-refractivity contribution in [2.24, 2.45) is 0 Å². The summed E-state index contributed by atoms with van der Waals surface area (Å²) >= 11 is 0. The van der Waals surface area contributed by atoms with E-state index in [4.69, 9.17) is 9.40 Å². The highest BCUT2D eigenvalue weighted by Crippen LogP contribution is 2.26. The summed E-state index contributed by atoms with van der Waals surface area (Å²) in [5.41, 5.74) is 4.50. The zero-order valence-corrected chi connectivity index (χ0v) is 16.4. The number of hydrogen-bond acceptors (Lipinski definition) is 4. The Balaban J connectivity index is 1.49. The topological polar surface area (TPSA) is 32.5 Å². The van der Waals surface area contributed by atoms with Crippen LogP contribution in [0, 0.1) is 6.92 Å². The molecule has 0 N–H and O–H groups in total. The molecule has 0 bridgehead atoms. The van der Waals surface area contributed by atoms with Crippen LogP contribution in [0.15, 0.2) is 59.0 Å². The Kier molecular flexibility index (Phi) is 5.10. The highest BCUT2D eigenvalue weighted by Gasteiger charge is 2.22. The molecule has 1 fully saturated rings. The van der Waals surface area contributed by atoms with Gasteiger partial charge in [0.15, 0.2) is 0 Å². The molecule has 1 saturated heterocycles. The van der Waals surface area contributed by atoms with E-state index in [-0.39, 0.29) is 0 Å². The van der Waals surface area contributed by atoms with Crippen molar-refractivity contribution >= 4 is 0 Å². The third kappa shape index (κ3) is 3.97. The number of oxazole rings is 1. The van der Waals surface area contributed by atoms with Gasteiger partial charge in [-0.05, 0) is 44.2 Å². The second kappa shape index (κ2) is 7.67. The summed E-state index contributed by atoms with van der Waals surface area (Å²) in [4.78, 5) is 9.68. The molecule has 0 unspecified atom stereocenters. The number of hydrogen-bond donors (Lipinski definition) is 0. The molecule has 1 atom stereocenters. The van der Waals surface area contributed by atoms with Crippen LogP contribution in [0.4, 0.5) is 0 Å². The monoisotopic (exact) mass is 361 g/mol. The lowest BCUT2D eigenvalue weighted by atomic mass is 10.0. The molecular weight excluding hydrogens is 334 g/mol. The normalized spacial score (nSPS) is 18.7. The third-order valence-corrected chi connectivity index (χ3v) is 5.55. The first-order valence-electron chi connectivity index (χ1n) is 9.65. The standard InChI is InChI=1S/C23H27N3O/c1-17-15-26(14-13-25(17)3)16-22-18(2)27-23(24-22)21-11-9-20(10-12-21)19-7-5-4-6-8-19/h4-12,17H,13-16H2,1-3H3/t17-/m1/s1. The Labute approximate surface area is 161 Å². The van der Waals surface area contributed by atoms with E-state index >= 15 is 0 Å². The average molecular weight is 361 g/mol. The van der Waals surface area contributed by atoms with Gasteiger partial charge in [0.05, 0.1) is 5.69 Å². The van der Waals surface area contributed by atoms with Crippen LogP contribution in [0.25, 0.3) is 22.6 Å². The summed E-state index contributed by atoms with van der Waals surface area (Å²) in [6, 6.07) is 19.4. The summed E-state index contributed by atoms with van der Waals surface area (Å²) in [6.07, 6.45) is 0. The van der Waals surface area contributed by atoms with E-state index in [2.05, 4.69) is 72.3 Å². The van der Waals surface area contributed by atoms with Crippen molar-refractivity contribution in [2.75, 3.05) is 26.7 Å². The predicted octanol–water partition coefficient (Wildman–Crippen LogP) is 4.45. The fourth-order valence-corrected chi connectivity index (χ4v) is 3.61. The van der Waals surface area contributed by atoms with Crippen molar-refractivity contribution in [1.29, 1.82) is 0 Å². The van der Waals surface area contributed by atoms with Crippen molar-refractivity contribution < 1.29 is 4.42 Å². The Morgan fingerprint density at radius 1 is 0.963 bits per heavy atom. The Morgan fingerprint density at radius 2 is 1.63 bits per heavy atom. The number of benzene rings is 2. The van der Waals surface area contributed by atoms with Crippen molar-refractivity contribution in [2.45, 2.75) is 26.4 Å². The van der Waals surface area contributed by atoms with Crippen LogP contribution in [0.2, 0.25) is 0 Å². The molecular formula is C23H27N3O. The van der Waals surface area contributed by atoms with Crippen LogP contribution >= 0.6 is 0 Å². The van der Waals surface area contributed by atoms with Crippen molar-refractivity contribution in [1.82, 2.24) is 14.8 Å². The largest absolute Gasteiger partial charge is 0.441 e. The number of likely N-dealkylation sites (N-methyl/N-ethyl adjacent to an activating group) is 1. The van der Waals surface area contributed by atoms with Crippen molar-refractivity contribution in [3.8, 4) is 22.6 Å². The Hall–Kier alpha value is -2.43. The first-order chi connectivity index (χ1) is 13.1. The smallest absolute Gasteiger partial charge is 0.226 e. The Morgan fingerprint density at radius 3 is 2.33 bits per heavy atom. The van der Waals surface area contributed by atoms with E-state index in [0.717, 1.165) is 43.2 Å². The molecule has 4 rings (SSSR count). The average Bonchev–Trinajstić information content (AvgIpc) is 3.06. The number of nitrogens with zero attached hydrogens (tertiary/aromatic N) is 3. The lowest BCUT2D eigenvalue weighted by Crippen LogP contribution is -2.49. The minimum atomic E-state index is 0.580. The molecule has 2 aromatic carbocycles. The summed E-state index contributed by atoms with van der Waals surface area (Å²) in [7, 11) is 2.20. The van der Waals surface area contributed by atoms with Crippen molar-refractivity contribution in [3.05, 3.63) is 66.1 Å². The molecule has 0 aliphatic carbocycles. The molecule has 2 heterocycles. The Bertz CT molecular complexity index is 886. The summed E-state index contributed by atoms with van der Waals surface area (Å²) in [5, 5.41) is 0. The molecule has 27 heavy (non-hydrogen) atoms. The maximum atomic E-state index is 5.99. The molecule has 0 spiro atoms. The van der Waals surface area contributed by atoms with Crippen LogP contribution in [-0.4, -0.2) is 47.5 Å². The van der Waals surface area contributed by atoms with Crippen LogP contribution in [-0.2, 0) is 6.54 Å². The summed E-state index contributed by atoms with van der Waals surface area (Å²) < 4.78 is 5.99. The SMILES string of the molecule is Cc1oc(-c2ccc(-c3ccccc3)cc2)nc1CN1CCN(C)[C@H](C)C1. The highest BCUT2D eigenvalue weighted by molar-refractivity contribution is 5.67. The zero-order chi connectivity index (χ0) is 18.8. The molecule has 0 amide bonds. The van der Waals surface area contributed by atoms with Crippen LogP contribution in [0.1, 0.15) is 18.4 Å². The van der Waals surface area contributed by atoms with Gasteiger partial charge in [-0.3, -0.25) is 4.90 Å². The predicted molar refractivity (Wildman–Crippen MR) is 109 cm³/mol. The molecule has 3 aromatic rings. The molecule has 1 aliphatic heterocycles. The molecule has 4 heteroatoms. The maximum Gasteiger partial charge on any atom is 0.226 e. The lowest BCUT2D eigenvalue weighted by molar-refractivity contribution is 0.0988. The maximum absolute atomic E-state index is 5.99. The number of piperazine rings is 1. The number of aromatic nitrogens is 1. The summed E-state index contributed by atoms with van der Waals surface area (Å²) in [6.45, 7) is 8.41. The fourth-order valence-electron chi connectivity index (χ4n) is 3.61. The highest BCUT2D eigenvalue weighted by atomic mass is 16.4. The van der Waals surface area contributed by atoms with Gasteiger partial charge in [-0.2, -0.15) is 0 Å². The number of rotatable bonds is 4. The second-order valence-corrected chi connectivity index (χ2v) is 7.53. The van der Waals surface area contributed by atoms with E-state index in [1.807, 2.05) is 13.0 Å². The first-order valence-corrected chi connectivity index (χ1v) is 9.65. The summed E-state index contributed by atoms with van der Waals surface area (Å²) in [5.74, 6) is 1.63. The van der Waals surface area contributed by atoms with Gasteiger partial charge >= 0.3 is 0 Å². The van der Waals surface area contributed by atoms with Gasteiger partial charge in [0.2, 0.25) is 5.89 Å². The zero-order valence-electron chi connectivity index (χ0n) is 16.4. The second-order valence-electron chi connectivity index (χ2n) is 7.53. The minimum Gasteiger partial charge on any atom is -0.441 e. The third-order valence-electron chi connectivity index (χ3n) is 5.55. The van der Waals surface area contributed by atoms with Gasteiger partial charge < -0.3 is 9.32 Å². The molecule has 1 aromatic heterocycles. The van der Waals surface area contributed by atoms with Crippen LogP contribution in [0.5, 0.6) is 0 Å². The van der Waals surface area contributed by atoms with E-state index in [1.165, 1.54) is 11.1 Å². The van der Waals surface area contributed by atoms with Gasteiger partial charge in [-0.25, -0.2) is 4.98 Å². The van der Waals surface area contributed by atoms with Gasteiger partial charge in [0.25, 0.3) is 0 Å². The van der Waals surface area contributed by atoms with E-state index in [9.17, 15) is 0 Å². The van der Waals surface area contributed by atoms with Crippen LogP contribution < -0.4 is 0 Å². The minimum absolute atomic E-state index is 0.580. The first kappa shape index (κ1) is 18.0. The quantitative estimate of drug-likeness (QED) is 0.687. The van der Waals surface area contributed by atoms with Crippen LogP contribution in [0.3, 0.4) is 0 Å². The number of aryl methyl sites for hydroxylation is 1. The molecule has 0 saturated carbocycles. The lowest BCUT2D eigenvalue weighted by Gasteiger charge is -2.37. The van der Waals surface area contributed by atoms with Gasteiger partial charge in [0, 0.05) is 37.8 Å². The van der Waals surface area contributed by atoms with E-state index < -0.39 is 0 Å². The van der Waals surface area contributed by atoms with E-state index in [1.54, 1.807) is 0 Å². The van der Waals surface area contributed by atoms with Crippen molar-refractivity contribution in [3.63, 3.8) is 0 Å². The van der Waals surface area contributed by atoms with E-state index in [0.29, 0.717) is 11.9 Å². The van der Waals surface area contributed by atoms with Gasteiger partial charge in [-0.1, -0.05) is 42.5 Å². The molecule has 1 aliphatic rings.